The Morgan fingerprint density at radius 1 is 0.872 bits per heavy atom. The Labute approximate surface area is 238 Å². The number of rotatable bonds is 6. The molecule has 1 atom stereocenters. The lowest BCUT2D eigenvalue weighted by Gasteiger charge is -2.41. The van der Waals surface area contributed by atoms with Crippen molar-refractivity contribution >= 4 is 12.0 Å². The van der Waals surface area contributed by atoms with Crippen LogP contribution in [0, 0.1) is 5.82 Å². The lowest BCUT2D eigenvalue weighted by atomic mass is 9.84. The fourth-order valence-corrected chi connectivity index (χ4v) is 5.15. The van der Waals surface area contributed by atoms with E-state index in [4.69, 9.17) is 13.7 Å². The monoisotopic (exact) mass is 551 g/mol. The van der Waals surface area contributed by atoms with E-state index in [0.717, 1.165) is 43.7 Å². The zero-order valence-electron chi connectivity index (χ0n) is 24.1. The van der Waals surface area contributed by atoms with E-state index in [1.54, 1.807) is 32.4 Å². The average molecular weight is 552 g/mol. The molecule has 0 radical (unpaired) electrons. The molecule has 3 aromatic rings. The topological polar surface area (TPSA) is 30.9 Å². The standard InChI is InChI=1S/C25H24FNO3S.C4H6.2C2H6/c1-28-20-6-7-22-16(10-20)8-9-27-15-18-13-25(24(29-2)12-17(18)11-23(22)27)30-31-21-5-3-4-19(26)14-21;1-3-4-2;2*1-2/h3-7,10,12-14,23H,8-9,11,15H2,1-2H3;3-4H,1-2H2;2*1-2H3. The van der Waals surface area contributed by atoms with Crippen LogP contribution in [0.2, 0.25) is 0 Å². The highest BCUT2D eigenvalue weighted by atomic mass is 32.2. The van der Waals surface area contributed by atoms with E-state index >= 15 is 0 Å². The van der Waals surface area contributed by atoms with E-state index in [9.17, 15) is 4.39 Å². The first kappa shape index (κ1) is 32.0. The quantitative estimate of drug-likeness (QED) is 0.225. The van der Waals surface area contributed by atoms with E-state index in [1.807, 2.05) is 33.8 Å². The van der Waals surface area contributed by atoms with Crippen LogP contribution in [-0.2, 0) is 19.4 Å². The van der Waals surface area contributed by atoms with Crippen LogP contribution in [0.25, 0.3) is 0 Å². The van der Waals surface area contributed by atoms with Gasteiger partial charge in [0.05, 0.1) is 31.2 Å². The summed E-state index contributed by atoms with van der Waals surface area (Å²) in [4.78, 5) is 3.25. The summed E-state index contributed by atoms with van der Waals surface area (Å²) in [7, 11) is 3.37. The van der Waals surface area contributed by atoms with Gasteiger partial charge in [0.2, 0.25) is 0 Å². The number of methoxy groups -OCH3 is 2. The van der Waals surface area contributed by atoms with E-state index in [2.05, 4.69) is 48.4 Å². The molecule has 5 rings (SSSR count). The molecule has 0 spiro atoms. The van der Waals surface area contributed by atoms with Gasteiger partial charge < -0.3 is 13.7 Å². The van der Waals surface area contributed by atoms with Gasteiger partial charge in [-0.25, -0.2) is 4.39 Å². The smallest absolute Gasteiger partial charge is 0.180 e. The first-order valence-electron chi connectivity index (χ1n) is 13.5. The second-order valence-corrected chi connectivity index (χ2v) is 9.18. The molecular formula is C33H42FNO3S. The molecule has 0 saturated heterocycles. The minimum atomic E-state index is -0.278. The van der Waals surface area contributed by atoms with Gasteiger partial charge in [0.25, 0.3) is 0 Å². The fraction of sp³-hybridized carbons (Fsp3) is 0.333. The van der Waals surface area contributed by atoms with Crippen LogP contribution in [0.1, 0.15) is 56.0 Å². The Hall–Kier alpha value is -3.22. The largest absolute Gasteiger partial charge is 0.497 e. The second-order valence-electron chi connectivity index (χ2n) is 8.37. The summed E-state index contributed by atoms with van der Waals surface area (Å²) in [6.45, 7) is 16.6. The molecule has 3 aromatic carbocycles. The van der Waals surface area contributed by atoms with Gasteiger partial charge in [0.1, 0.15) is 11.6 Å². The third-order valence-electron chi connectivity index (χ3n) is 6.28. The molecule has 0 aromatic heterocycles. The highest BCUT2D eigenvalue weighted by Gasteiger charge is 2.33. The highest BCUT2D eigenvalue weighted by molar-refractivity contribution is 7.95. The number of fused-ring (bicyclic) bond motifs is 4. The maximum absolute atomic E-state index is 13.5. The summed E-state index contributed by atoms with van der Waals surface area (Å²) < 4.78 is 30.4. The van der Waals surface area contributed by atoms with Crippen LogP contribution in [0.4, 0.5) is 4.39 Å². The lowest BCUT2D eigenvalue weighted by molar-refractivity contribution is 0.160. The van der Waals surface area contributed by atoms with Crippen molar-refractivity contribution in [2.45, 2.75) is 58.0 Å². The molecule has 4 nitrogen and oxygen atoms in total. The number of hydrogen-bond acceptors (Lipinski definition) is 5. The Kier molecular flexibility index (Phi) is 13.7. The van der Waals surface area contributed by atoms with Crippen molar-refractivity contribution in [1.29, 1.82) is 0 Å². The summed E-state index contributed by atoms with van der Waals surface area (Å²) in [5.74, 6) is 2.00. The van der Waals surface area contributed by atoms with Crippen LogP contribution in [0.15, 0.2) is 84.8 Å². The van der Waals surface area contributed by atoms with Crippen molar-refractivity contribution in [1.82, 2.24) is 4.90 Å². The normalized spacial score (nSPS) is 14.6. The third-order valence-corrected chi connectivity index (χ3v) is 6.99. The molecule has 0 bridgehead atoms. The minimum Gasteiger partial charge on any atom is -0.497 e. The maximum Gasteiger partial charge on any atom is 0.180 e. The SMILES string of the molecule is C=CC=C.CC.CC.COc1ccc2c(c1)CCN1Cc3cc(OSc4cccc(F)c4)c(OC)cc3CC21. The molecule has 2 aliphatic rings. The minimum absolute atomic E-state index is 0.278. The number of benzene rings is 3. The predicted octanol–water partition coefficient (Wildman–Crippen LogP) is 9.00. The van der Waals surface area contributed by atoms with Gasteiger partial charge in [0.15, 0.2) is 11.5 Å². The highest BCUT2D eigenvalue weighted by Crippen LogP contribution is 2.43. The van der Waals surface area contributed by atoms with Crippen molar-refractivity contribution in [2.75, 3.05) is 20.8 Å². The average Bonchev–Trinajstić information content (AvgIpc) is 3.00. The summed E-state index contributed by atoms with van der Waals surface area (Å²) in [6.07, 6.45) is 5.23. The summed E-state index contributed by atoms with van der Waals surface area (Å²) >= 11 is 1.14. The van der Waals surface area contributed by atoms with Crippen molar-refractivity contribution in [2.24, 2.45) is 0 Å². The van der Waals surface area contributed by atoms with Gasteiger partial charge in [-0.1, -0.05) is 65.1 Å². The zero-order valence-corrected chi connectivity index (χ0v) is 24.9. The second kappa shape index (κ2) is 16.7. The molecule has 210 valence electrons. The Bertz CT molecular complexity index is 1210. The first-order chi connectivity index (χ1) is 19.1. The summed E-state index contributed by atoms with van der Waals surface area (Å²) in [6, 6.07) is 17.3. The molecule has 1 unspecified atom stereocenters. The van der Waals surface area contributed by atoms with E-state index in [-0.39, 0.29) is 5.82 Å². The van der Waals surface area contributed by atoms with Gasteiger partial charge in [-0.15, -0.1) is 0 Å². The van der Waals surface area contributed by atoms with E-state index in [1.165, 1.54) is 34.4 Å². The maximum atomic E-state index is 13.5. The summed E-state index contributed by atoms with van der Waals surface area (Å²) in [5, 5.41) is 0. The molecule has 0 N–H and O–H groups in total. The van der Waals surface area contributed by atoms with Gasteiger partial charge >= 0.3 is 0 Å². The molecule has 2 heterocycles. The predicted molar refractivity (Wildman–Crippen MR) is 163 cm³/mol. The van der Waals surface area contributed by atoms with Crippen molar-refractivity contribution < 1.29 is 18.0 Å². The van der Waals surface area contributed by atoms with Crippen LogP contribution < -0.4 is 13.7 Å². The number of halogens is 1. The molecule has 6 heteroatoms. The Morgan fingerprint density at radius 3 is 2.23 bits per heavy atom. The summed E-state index contributed by atoms with van der Waals surface area (Å²) in [5.41, 5.74) is 5.30. The number of allylic oxidation sites excluding steroid dienone is 2. The molecule has 0 saturated carbocycles. The van der Waals surface area contributed by atoms with Crippen LogP contribution in [0.5, 0.6) is 17.2 Å². The van der Waals surface area contributed by atoms with Crippen molar-refractivity contribution in [3.8, 4) is 17.2 Å². The molecule has 2 aliphatic heterocycles. The molecule has 0 amide bonds. The van der Waals surface area contributed by atoms with Gasteiger partial charge in [-0.2, -0.15) is 0 Å². The molecule has 0 fully saturated rings. The third kappa shape index (κ3) is 8.38. The number of nitrogens with zero attached hydrogens (tertiary/aromatic N) is 1. The van der Waals surface area contributed by atoms with E-state index < -0.39 is 0 Å². The van der Waals surface area contributed by atoms with Crippen LogP contribution in [0.3, 0.4) is 0 Å². The van der Waals surface area contributed by atoms with Gasteiger partial charge in [-0.3, -0.25) is 4.90 Å². The fourth-order valence-electron chi connectivity index (χ4n) is 4.54. The van der Waals surface area contributed by atoms with Gasteiger partial charge in [0, 0.05) is 19.1 Å². The number of ether oxygens (including phenoxy) is 2. The van der Waals surface area contributed by atoms with Crippen LogP contribution >= 0.6 is 12.0 Å². The van der Waals surface area contributed by atoms with E-state index in [0.29, 0.717) is 22.4 Å². The van der Waals surface area contributed by atoms with Crippen LogP contribution in [-0.4, -0.2) is 25.7 Å². The molecular weight excluding hydrogens is 509 g/mol. The molecule has 39 heavy (non-hydrogen) atoms. The first-order valence-corrected chi connectivity index (χ1v) is 14.2. The Morgan fingerprint density at radius 2 is 1.59 bits per heavy atom. The van der Waals surface area contributed by atoms with Gasteiger partial charge in [-0.05, 0) is 77.6 Å². The lowest BCUT2D eigenvalue weighted by Crippen LogP contribution is -2.39. The van der Waals surface area contributed by atoms with Crippen molar-refractivity contribution in [3.05, 3.63) is 108 Å². The number of hydrogen-bond donors (Lipinski definition) is 0. The zero-order chi connectivity index (χ0) is 28.8. The Balaban J connectivity index is 0.000000602. The van der Waals surface area contributed by atoms with Crippen molar-refractivity contribution in [3.63, 3.8) is 0 Å². The molecule has 0 aliphatic carbocycles.